The van der Waals surface area contributed by atoms with E-state index in [4.69, 9.17) is 5.73 Å². The Morgan fingerprint density at radius 1 is 1.08 bits per heavy atom. The van der Waals surface area contributed by atoms with Crippen molar-refractivity contribution >= 4 is 11.8 Å². The molecular weight excluding hydrogens is 321 g/mol. The molecule has 1 aromatic rings. The minimum Gasteiger partial charge on any atom is -0.341 e. The second-order valence-corrected chi connectivity index (χ2v) is 7.10. The monoisotopic (exact) mass is 347 g/mol. The van der Waals surface area contributed by atoms with Gasteiger partial charge in [-0.1, -0.05) is 12.5 Å². The van der Waals surface area contributed by atoms with Crippen molar-refractivity contribution in [3.05, 3.63) is 35.6 Å². The number of hydrogen-bond donors (Lipinski definition) is 1. The molecule has 1 saturated heterocycles. The third-order valence-corrected chi connectivity index (χ3v) is 5.36. The molecule has 2 aliphatic rings. The van der Waals surface area contributed by atoms with Crippen molar-refractivity contribution in [1.29, 1.82) is 0 Å². The smallest absolute Gasteiger partial charge is 0.254 e. The molecule has 136 valence electrons. The van der Waals surface area contributed by atoms with Crippen LogP contribution in [0.4, 0.5) is 4.39 Å². The zero-order chi connectivity index (χ0) is 17.8. The summed E-state index contributed by atoms with van der Waals surface area (Å²) in [5.74, 6) is -0.153. The third kappa shape index (κ3) is 4.37. The fraction of sp³-hybridized carbons (Fsp3) is 0.579. The lowest BCUT2D eigenvalue weighted by atomic mass is 9.99. The van der Waals surface area contributed by atoms with Gasteiger partial charge in [0.25, 0.3) is 5.91 Å². The Hall–Kier alpha value is -1.95. The average Bonchev–Trinajstić information content (AvgIpc) is 2.86. The van der Waals surface area contributed by atoms with Gasteiger partial charge in [0.05, 0.1) is 0 Å². The van der Waals surface area contributed by atoms with E-state index in [-0.39, 0.29) is 17.9 Å². The molecule has 5 nitrogen and oxygen atoms in total. The lowest BCUT2D eigenvalue weighted by molar-refractivity contribution is -0.132. The van der Waals surface area contributed by atoms with Gasteiger partial charge in [0.2, 0.25) is 5.91 Å². The van der Waals surface area contributed by atoms with Gasteiger partial charge in [0, 0.05) is 44.2 Å². The minimum atomic E-state index is -0.412. The predicted molar refractivity (Wildman–Crippen MR) is 93.4 cm³/mol. The van der Waals surface area contributed by atoms with Gasteiger partial charge in [-0.15, -0.1) is 0 Å². The highest BCUT2D eigenvalue weighted by molar-refractivity contribution is 5.94. The van der Waals surface area contributed by atoms with Crippen molar-refractivity contribution in [3.8, 4) is 0 Å². The first kappa shape index (κ1) is 17.9. The summed E-state index contributed by atoms with van der Waals surface area (Å²) in [6, 6.07) is 5.90. The zero-order valence-electron chi connectivity index (χ0n) is 14.5. The summed E-state index contributed by atoms with van der Waals surface area (Å²) < 4.78 is 13.3. The van der Waals surface area contributed by atoms with Crippen LogP contribution in [0.2, 0.25) is 0 Å². The van der Waals surface area contributed by atoms with E-state index in [2.05, 4.69) is 0 Å². The number of rotatable bonds is 3. The van der Waals surface area contributed by atoms with Crippen LogP contribution < -0.4 is 5.73 Å². The summed E-state index contributed by atoms with van der Waals surface area (Å²) in [7, 11) is 0. The molecule has 0 bridgehead atoms. The van der Waals surface area contributed by atoms with Crippen LogP contribution in [0, 0.1) is 11.7 Å². The first-order valence-corrected chi connectivity index (χ1v) is 9.13. The van der Waals surface area contributed by atoms with Crippen molar-refractivity contribution in [2.45, 2.75) is 38.1 Å². The van der Waals surface area contributed by atoms with E-state index in [0.717, 1.165) is 25.7 Å². The highest BCUT2D eigenvalue weighted by atomic mass is 19.1. The normalized spacial score (nSPS) is 24.2. The second-order valence-electron chi connectivity index (χ2n) is 7.10. The molecule has 1 saturated carbocycles. The molecule has 1 aromatic carbocycles. The van der Waals surface area contributed by atoms with Gasteiger partial charge in [0.1, 0.15) is 5.82 Å². The maximum absolute atomic E-state index is 13.3. The molecule has 1 aliphatic heterocycles. The van der Waals surface area contributed by atoms with Crippen LogP contribution in [-0.2, 0) is 4.79 Å². The Morgan fingerprint density at radius 3 is 2.56 bits per heavy atom. The molecule has 0 unspecified atom stereocenters. The summed E-state index contributed by atoms with van der Waals surface area (Å²) >= 11 is 0. The molecule has 1 aliphatic carbocycles. The maximum atomic E-state index is 13.3. The van der Waals surface area contributed by atoms with Crippen LogP contribution >= 0.6 is 0 Å². The van der Waals surface area contributed by atoms with Gasteiger partial charge in [-0.05, 0) is 43.4 Å². The van der Waals surface area contributed by atoms with E-state index in [1.54, 1.807) is 17.0 Å². The third-order valence-electron chi connectivity index (χ3n) is 5.36. The number of halogens is 1. The fourth-order valence-electron chi connectivity index (χ4n) is 3.85. The molecule has 0 radical (unpaired) electrons. The number of carbonyl (C=O) groups is 2. The largest absolute Gasteiger partial charge is 0.341 e. The van der Waals surface area contributed by atoms with E-state index in [9.17, 15) is 14.0 Å². The van der Waals surface area contributed by atoms with Gasteiger partial charge < -0.3 is 15.5 Å². The number of benzene rings is 1. The highest BCUT2D eigenvalue weighted by Crippen LogP contribution is 2.27. The Balaban J connectivity index is 1.56. The standard InChI is InChI=1S/C19H26FN3O2/c20-16-6-1-5-15(12-16)19(25)23-9-3-8-22(10-11-23)18(24)13-14-4-2-7-17(14)21/h1,5-6,12,14,17H,2-4,7-11,13,21H2/t14-,17+/m0/s1. The topological polar surface area (TPSA) is 66.6 Å². The zero-order valence-corrected chi connectivity index (χ0v) is 14.5. The molecule has 2 atom stereocenters. The Morgan fingerprint density at radius 2 is 1.84 bits per heavy atom. The van der Waals surface area contributed by atoms with Crippen molar-refractivity contribution in [3.63, 3.8) is 0 Å². The maximum Gasteiger partial charge on any atom is 0.254 e. The Labute approximate surface area is 148 Å². The van der Waals surface area contributed by atoms with E-state index in [0.29, 0.717) is 44.1 Å². The first-order valence-electron chi connectivity index (χ1n) is 9.13. The molecule has 0 spiro atoms. The molecule has 6 heteroatoms. The lowest BCUT2D eigenvalue weighted by Crippen LogP contribution is -2.39. The summed E-state index contributed by atoms with van der Waals surface area (Å²) in [5, 5.41) is 0. The number of nitrogens with two attached hydrogens (primary N) is 1. The van der Waals surface area contributed by atoms with Crippen molar-refractivity contribution in [2.24, 2.45) is 11.7 Å². The molecule has 2 N–H and O–H groups in total. The SMILES string of the molecule is N[C@@H]1CCC[C@H]1CC(=O)N1CCCN(C(=O)c2cccc(F)c2)CC1. The summed E-state index contributed by atoms with van der Waals surface area (Å²) in [6.07, 6.45) is 4.40. The number of amides is 2. The van der Waals surface area contributed by atoms with Crippen LogP contribution in [0.1, 0.15) is 42.5 Å². The van der Waals surface area contributed by atoms with Crippen molar-refractivity contribution < 1.29 is 14.0 Å². The molecule has 25 heavy (non-hydrogen) atoms. The van der Waals surface area contributed by atoms with Gasteiger partial charge in [-0.3, -0.25) is 9.59 Å². The van der Waals surface area contributed by atoms with Gasteiger partial charge in [-0.25, -0.2) is 4.39 Å². The van der Waals surface area contributed by atoms with E-state index < -0.39 is 5.82 Å². The number of nitrogens with zero attached hydrogens (tertiary/aromatic N) is 2. The van der Waals surface area contributed by atoms with Crippen LogP contribution in [0.3, 0.4) is 0 Å². The van der Waals surface area contributed by atoms with Gasteiger partial charge in [-0.2, -0.15) is 0 Å². The molecule has 0 aromatic heterocycles. The Kier molecular flexibility index (Phi) is 5.68. The summed E-state index contributed by atoms with van der Waals surface area (Å²) in [6.45, 7) is 2.26. The Bertz CT molecular complexity index is 637. The molecular formula is C19H26FN3O2. The quantitative estimate of drug-likeness (QED) is 0.910. The van der Waals surface area contributed by atoms with E-state index in [1.807, 2.05) is 4.90 Å². The highest BCUT2D eigenvalue weighted by Gasteiger charge is 2.29. The fourth-order valence-corrected chi connectivity index (χ4v) is 3.85. The van der Waals surface area contributed by atoms with Crippen LogP contribution in [0.15, 0.2) is 24.3 Å². The first-order chi connectivity index (χ1) is 12.0. The van der Waals surface area contributed by atoms with Crippen molar-refractivity contribution in [2.75, 3.05) is 26.2 Å². The van der Waals surface area contributed by atoms with Gasteiger partial charge >= 0.3 is 0 Å². The van der Waals surface area contributed by atoms with Crippen LogP contribution in [0.25, 0.3) is 0 Å². The molecule has 2 amide bonds. The molecule has 3 rings (SSSR count). The number of hydrogen-bond acceptors (Lipinski definition) is 3. The average molecular weight is 347 g/mol. The van der Waals surface area contributed by atoms with E-state index in [1.165, 1.54) is 12.1 Å². The van der Waals surface area contributed by atoms with E-state index >= 15 is 0 Å². The van der Waals surface area contributed by atoms with Crippen molar-refractivity contribution in [1.82, 2.24) is 9.80 Å². The number of carbonyl (C=O) groups excluding carboxylic acids is 2. The summed E-state index contributed by atoms with van der Waals surface area (Å²) in [4.78, 5) is 28.7. The van der Waals surface area contributed by atoms with Gasteiger partial charge in [0.15, 0.2) is 0 Å². The lowest BCUT2D eigenvalue weighted by Gasteiger charge is -2.24. The predicted octanol–water partition coefficient (Wildman–Crippen LogP) is 2.02. The van der Waals surface area contributed by atoms with Crippen LogP contribution in [0.5, 0.6) is 0 Å². The molecule has 2 fully saturated rings. The summed E-state index contributed by atoms with van der Waals surface area (Å²) in [5.41, 5.74) is 6.43. The molecule has 1 heterocycles. The minimum absolute atomic E-state index is 0.141. The van der Waals surface area contributed by atoms with Crippen LogP contribution in [-0.4, -0.2) is 53.8 Å². The second kappa shape index (κ2) is 7.95.